The smallest absolute Gasteiger partial charge is 0.416 e. The van der Waals surface area contributed by atoms with E-state index in [1.54, 1.807) is 18.4 Å². The van der Waals surface area contributed by atoms with E-state index >= 15 is 0 Å². The molecule has 0 radical (unpaired) electrons. The molecular formula is C16H19F3IN3OS. The third-order valence-corrected chi connectivity index (χ3v) is 3.93. The number of nitrogens with one attached hydrogen (secondary N) is 2. The molecule has 1 heterocycles. The molecule has 9 heteroatoms. The first-order valence-corrected chi connectivity index (χ1v) is 8.14. The van der Waals surface area contributed by atoms with Crippen LogP contribution in [-0.2, 0) is 12.7 Å². The summed E-state index contributed by atoms with van der Waals surface area (Å²) in [7, 11) is 1.65. The summed E-state index contributed by atoms with van der Waals surface area (Å²) in [5.74, 6) is 0.796. The van der Waals surface area contributed by atoms with Crippen molar-refractivity contribution < 1.29 is 17.9 Å². The van der Waals surface area contributed by atoms with Gasteiger partial charge >= 0.3 is 6.18 Å². The van der Waals surface area contributed by atoms with Gasteiger partial charge in [0.25, 0.3) is 0 Å². The first-order chi connectivity index (χ1) is 11.5. The van der Waals surface area contributed by atoms with Gasteiger partial charge in [0.2, 0.25) is 0 Å². The second-order valence-electron chi connectivity index (χ2n) is 4.81. The van der Waals surface area contributed by atoms with Gasteiger partial charge in [0, 0.05) is 11.9 Å². The zero-order valence-corrected chi connectivity index (χ0v) is 16.6. The van der Waals surface area contributed by atoms with Crippen LogP contribution < -0.4 is 15.4 Å². The van der Waals surface area contributed by atoms with Crippen molar-refractivity contribution in [2.24, 2.45) is 4.99 Å². The highest BCUT2D eigenvalue weighted by atomic mass is 127. The van der Waals surface area contributed by atoms with E-state index in [0.717, 1.165) is 12.1 Å². The number of benzene rings is 1. The lowest BCUT2D eigenvalue weighted by Gasteiger charge is -2.13. The van der Waals surface area contributed by atoms with Crippen LogP contribution in [0.15, 0.2) is 46.8 Å². The van der Waals surface area contributed by atoms with Crippen molar-refractivity contribution in [1.82, 2.24) is 10.6 Å². The molecule has 0 bridgehead atoms. The Hall–Kier alpha value is -1.49. The maximum Gasteiger partial charge on any atom is 0.416 e. The second kappa shape index (κ2) is 10.5. The van der Waals surface area contributed by atoms with E-state index in [0.29, 0.717) is 19.0 Å². The van der Waals surface area contributed by atoms with Crippen molar-refractivity contribution in [2.45, 2.75) is 12.7 Å². The fourth-order valence-corrected chi connectivity index (χ4v) is 2.55. The molecule has 0 aliphatic heterocycles. The maximum atomic E-state index is 12.6. The summed E-state index contributed by atoms with van der Waals surface area (Å²) in [5.41, 5.74) is -0.721. The summed E-state index contributed by atoms with van der Waals surface area (Å²) >= 11 is 1.64. The molecule has 2 N–H and O–H groups in total. The molecule has 138 valence electrons. The maximum absolute atomic E-state index is 12.6. The molecule has 0 aliphatic rings. The van der Waals surface area contributed by atoms with Crippen LogP contribution in [0, 0.1) is 0 Å². The Morgan fingerprint density at radius 1 is 1.20 bits per heavy atom. The molecule has 0 aliphatic carbocycles. The van der Waals surface area contributed by atoms with Gasteiger partial charge in [-0.15, -0.1) is 35.3 Å². The first kappa shape index (κ1) is 21.6. The van der Waals surface area contributed by atoms with Gasteiger partial charge < -0.3 is 15.4 Å². The predicted molar refractivity (Wildman–Crippen MR) is 105 cm³/mol. The molecule has 2 rings (SSSR count). The van der Waals surface area contributed by atoms with E-state index in [1.807, 2.05) is 17.5 Å². The Balaban J connectivity index is 0.00000312. The van der Waals surface area contributed by atoms with Gasteiger partial charge in [-0.3, -0.25) is 4.99 Å². The minimum atomic E-state index is -4.37. The molecule has 1 aromatic carbocycles. The fraction of sp³-hybridized carbons (Fsp3) is 0.312. The molecular weight excluding hydrogens is 466 g/mol. The van der Waals surface area contributed by atoms with Crippen LogP contribution in [0.4, 0.5) is 13.2 Å². The summed E-state index contributed by atoms with van der Waals surface area (Å²) in [4.78, 5) is 5.25. The molecule has 0 unspecified atom stereocenters. The van der Waals surface area contributed by atoms with Crippen molar-refractivity contribution in [2.75, 3.05) is 20.2 Å². The van der Waals surface area contributed by atoms with Crippen molar-refractivity contribution in [1.29, 1.82) is 0 Å². The monoisotopic (exact) mass is 485 g/mol. The first-order valence-electron chi connectivity index (χ1n) is 7.26. The Kier molecular flexibility index (Phi) is 9.04. The molecule has 0 fully saturated rings. The summed E-state index contributed by atoms with van der Waals surface area (Å²) in [5, 5.41) is 8.18. The fourth-order valence-electron chi connectivity index (χ4n) is 1.91. The van der Waals surface area contributed by atoms with Crippen LogP contribution in [0.1, 0.15) is 10.4 Å². The zero-order chi connectivity index (χ0) is 17.4. The molecule has 1 aromatic heterocycles. The number of hydrogen-bond acceptors (Lipinski definition) is 3. The molecule has 0 spiro atoms. The largest absolute Gasteiger partial charge is 0.492 e. The third kappa shape index (κ3) is 7.51. The number of hydrogen-bond donors (Lipinski definition) is 2. The summed E-state index contributed by atoms with van der Waals surface area (Å²) in [6.07, 6.45) is -4.37. The number of alkyl halides is 3. The number of nitrogens with zero attached hydrogens (tertiary/aromatic N) is 1. The Labute approximate surface area is 165 Å². The van der Waals surface area contributed by atoms with Crippen LogP contribution in [0.25, 0.3) is 0 Å². The van der Waals surface area contributed by atoms with Crippen molar-refractivity contribution in [3.8, 4) is 5.75 Å². The lowest BCUT2D eigenvalue weighted by molar-refractivity contribution is -0.137. The van der Waals surface area contributed by atoms with Gasteiger partial charge in [0.05, 0.1) is 18.7 Å². The minimum Gasteiger partial charge on any atom is -0.492 e. The summed E-state index contributed by atoms with van der Waals surface area (Å²) in [6.45, 7) is 1.30. The van der Waals surface area contributed by atoms with E-state index in [2.05, 4.69) is 15.6 Å². The van der Waals surface area contributed by atoms with Gasteiger partial charge in [-0.05, 0) is 29.6 Å². The highest BCUT2D eigenvalue weighted by Gasteiger charge is 2.30. The number of aliphatic imine (C=N–C) groups is 1. The average Bonchev–Trinajstić information content (AvgIpc) is 3.07. The van der Waals surface area contributed by atoms with E-state index < -0.39 is 11.7 Å². The van der Waals surface area contributed by atoms with Crippen molar-refractivity contribution in [3.05, 3.63) is 52.2 Å². The standard InChI is InChI=1S/C16H18F3N3OS.HI/c1-20-15(22-11-14-6-3-9-24-14)21-7-8-23-13-5-2-4-12(10-13)16(17,18)19;/h2-6,9-10H,7-8,11H2,1H3,(H2,20,21,22);1H. The van der Waals surface area contributed by atoms with Crippen LogP contribution in [0.2, 0.25) is 0 Å². The summed E-state index contributed by atoms with van der Waals surface area (Å²) in [6, 6.07) is 8.82. The number of guanidine groups is 1. The van der Waals surface area contributed by atoms with E-state index in [4.69, 9.17) is 4.74 Å². The Morgan fingerprint density at radius 3 is 2.64 bits per heavy atom. The number of thiophene rings is 1. The van der Waals surface area contributed by atoms with Crippen LogP contribution in [-0.4, -0.2) is 26.2 Å². The van der Waals surface area contributed by atoms with Gasteiger partial charge in [0.15, 0.2) is 5.96 Å². The van der Waals surface area contributed by atoms with Gasteiger partial charge in [-0.2, -0.15) is 13.2 Å². The third-order valence-electron chi connectivity index (χ3n) is 3.06. The van der Waals surface area contributed by atoms with Crippen LogP contribution in [0.3, 0.4) is 0 Å². The highest BCUT2D eigenvalue weighted by molar-refractivity contribution is 14.0. The van der Waals surface area contributed by atoms with Gasteiger partial charge in [0.1, 0.15) is 12.4 Å². The number of ether oxygens (including phenoxy) is 1. The number of halogens is 4. The molecule has 2 aromatic rings. The second-order valence-corrected chi connectivity index (χ2v) is 5.84. The van der Waals surface area contributed by atoms with E-state index in [-0.39, 0.29) is 36.3 Å². The predicted octanol–water partition coefficient (Wildman–Crippen LogP) is 4.13. The van der Waals surface area contributed by atoms with Crippen LogP contribution >= 0.6 is 35.3 Å². The van der Waals surface area contributed by atoms with E-state index in [1.165, 1.54) is 17.0 Å². The van der Waals surface area contributed by atoms with Gasteiger partial charge in [-0.25, -0.2) is 0 Å². The Bertz CT molecular complexity index is 663. The van der Waals surface area contributed by atoms with Crippen molar-refractivity contribution >= 4 is 41.3 Å². The molecule has 0 saturated heterocycles. The highest BCUT2D eigenvalue weighted by Crippen LogP contribution is 2.31. The lowest BCUT2D eigenvalue weighted by atomic mass is 10.2. The molecule has 0 saturated carbocycles. The Morgan fingerprint density at radius 2 is 2.00 bits per heavy atom. The molecule has 0 amide bonds. The molecule has 4 nitrogen and oxygen atoms in total. The van der Waals surface area contributed by atoms with Crippen LogP contribution in [0.5, 0.6) is 5.75 Å². The minimum absolute atomic E-state index is 0. The average molecular weight is 485 g/mol. The molecule has 0 atom stereocenters. The lowest BCUT2D eigenvalue weighted by Crippen LogP contribution is -2.38. The SMILES string of the molecule is CN=C(NCCOc1cccc(C(F)(F)F)c1)NCc1cccs1.I. The number of rotatable bonds is 6. The topological polar surface area (TPSA) is 45.7 Å². The normalized spacial score (nSPS) is 11.6. The van der Waals surface area contributed by atoms with E-state index in [9.17, 15) is 13.2 Å². The van der Waals surface area contributed by atoms with Gasteiger partial charge in [-0.1, -0.05) is 12.1 Å². The van der Waals surface area contributed by atoms with Crippen molar-refractivity contribution in [3.63, 3.8) is 0 Å². The molecule has 25 heavy (non-hydrogen) atoms. The quantitative estimate of drug-likeness (QED) is 0.280. The summed E-state index contributed by atoms with van der Waals surface area (Å²) < 4.78 is 43.2. The zero-order valence-electron chi connectivity index (χ0n) is 13.5.